The second kappa shape index (κ2) is 9.46. The summed E-state index contributed by atoms with van der Waals surface area (Å²) in [4.78, 5) is 26.4. The maximum atomic E-state index is 12.5. The van der Waals surface area contributed by atoms with E-state index in [9.17, 15) is 9.59 Å². The van der Waals surface area contributed by atoms with Gasteiger partial charge in [0.25, 0.3) is 0 Å². The quantitative estimate of drug-likeness (QED) is 0.789. The van der Waals surface area contributed by atoms with E-state index >= 15 is 0 Å². The maximum absolute atomic E-state index is 12.5. The number of benzene rings is 1. The average Bonchev–Trinajstić information content (AvgIpc) is 2.97. The summed E-state index contributed by atoms with van der Waals surface area (Å²) >= 11 is 1.38. The zero-order valence-corrected chi connectivity index (χ0v) is 16.7. The van der Waals surface area contributed by atoms with Gasteiger partial charge in [0.05, 0.1) is 11.0 Å². The van der Waals surface area contributed by atoms with Crippen LogP contribution in [0.3, 0.4) is 0 Å². The topological polar surface area (TPSA) is 75.4 Å². The number of carbonyl (C=O) groups excluding carboxylic acids is 2. The molecule has 1 aromatic rings. The maximum Gasteiger partial charge on any atom is 0.235 e. The van der Waals surface area contributed by atoms with Crippen molar-refractivity contribution in [2.45, 2.75) is 32.4 Å². The van der Waals surface area contributed by atoms with Gasteiger partial charge in [-0.25, -0.2) is 0 Å². The monoisotopic (exact) mass is 385 g/mol. The number of likely N-dealkylation sites (tertiary alicyclic amines) is 1. The van der Waals surface area contributed by atoms with E-state index in [2.05, 4.69) is 12.2 Å². The molecule has 25 heavy (non-hydrogen) atoms. The molecule has 0 aromatic heterocycles. The van der Waals surface area contributed by atoms with Crippen LogP contribution in [-0.4, -0.2) is 47.4 Å². The highest BCUT2D eigenvalue weighted by Crippen LogP contribution is 2.30. The van der Waals surface area contributed by atoms with Crippen LogP contribution in [0.4, 0.5) is 5.69 Å². The molecule has 2 rings (SSSR count). The van der Waals surface area contributed by atoms with Gasteiger partial charge in [-0.3, -0.25) is 9.59 Å². The summed E-state index contributed by atoms with van der Waals surface area (Å²) in [5, 5.41) is 2.63. The molecule has 1 fully saturated rings. The Balaban J connectivity index is 0.00000312. The van der Waals surface area contributed by atoms with Crippen LogP contribution >= 0.6 is 24.2 Å². The molecule has 2 amide bonds. The summed E-state index contributed by atoms with van der Waals surface area (Å²) in [7, 11) is 0. The van der Waals surface area contributed by atoms with Gasteiger partial charge < -0.3 is 16.0 Å². The van der Waals surface area contributed by atoms with Crippen LogP contribution in [0.25, 0.3) is 0 Å². The normalized spacial score (nSPS) is 20.7. The molecule has 140 valence electrons. The van der Waals surface area contributed by atoms with Crippen LogP contribution in [0.1, 0.15) is 25.8 Å². The first-order valence-corrected chi connectivity index (χ1v) is 9.35. The third-order valence-electron chi connectivity index (χ3n) is 4.51. The number of halogens is 1. The minimum Gasteiger partial charge on any atom is -0.341 e. The van der Waals surface area contributed by atoms with Crippen LogP contribution in [0, 0.1) is 12.3 Å². The molecule has 1 heterocycles. The molecule has 3 N–H and O–H groups in total. The van der Waals surface area contributed by atoms with Crippen molar-refractivity contribution in [2.75, 3.05) is 30.7 Å². The van der Waals surface area contributed by atoms with Gasteiger partial charge in [-0.05, 0) is 44.4 Å². The number of nitrogens with two attached hydrogens (primary N) is 1. The predicted molar refractivity (Wildman–Crippen MR) is 107 cm³/mol. The zero-order chi connectivity index (χ0) is 17.7. The number of hydrogen-bond acceptors (Lipinski definition) is 4. The van der Waals surface area contributed by atoms with Crippen molar-refractivity contribution in [3.63, 3.8) is 0 Å². The Labute approximate surface area is 160 Å². The predicted octanol–water partition coefficient (Wildman–Crippen LogP) is 2.67. The first-order valence-electron chi connectivity index (χ1n) is 8.30. The molecule has 7 heteroatoms. The van der Waals surface area contributed by atoms with Gasteiger partial charge in [0.2, 0.25) is 11.8 Å². The summed E-state index contributed by atoms with van der Waals surface area (Å²) in [6.07, 6.45) is 0.945. The molecule has 0 radical (unpaired) electrons. The third-order valence-corrected chi connectivity index (χ3v) is 5.64. The summed E-state index contributed by atoms with van der Waals surface area (Å²) < 4.78 is 0. The molecule has 1 aliphatic rings. The van der Waals surface area contributed by atoms with Crippen LogP contribution in [-0.2, 0) is 9.59 Å². The number of anilines is 1. The first-order chi connectivity index (χ1) is 11.3. The molecule has 0 spiro atoms. The lowest BCUT2D eigenvalue weighted by Crippen LogP contribution is -2.38. The number of carbonyl (C=O) groups is 2. The van der Waals surface area contributed by atoms with Crippen molar-refractivity contribution >= 4 is 41.7 Å². The fourth-order valence-electron chi connectivity index (χ4n) is 2.74. The van der Waals surface area contributed by atoms with E-state index in [1.54, 1.807) is 0 Å². The summed E-state index contributed by atoms with van der Waals surface area (Å²) in [5.74, 6) is 0.278. The standard InChI is InChI=1S/C18H27N3O2S.ClH/c1-13-4-6-15(7-5-13)20-16(22)10-24-14(2)17(23)21-9-8-18(3,11-19)12-21;/h4-7,14H,8-12,19H2,1-3H3,(H,20,22);1H. The lowest BCUT2D eigenvalue weighted by molar-refractivity contribution is -0.129. The Kier molecular flexibility index (Phi) is 8.25. The van der Waals surface area contributed by atoms with E-state index < -0.39 is 0 Å². The van der Waals surface area contributed by atoms with Gasteiger partial charge in [-0.15, -0.1) is 24.2 Å². The number of aryl methyl sites for hydroxylation is 1. The number of rotatable bonds is 6. The summed E-state index contributed by atoms with van der Waals surface area (Å²) in [6, 6.07) is 7.67. The highest BCUT2D eigenvalue weighted by molar-refractivity contribution is 8.01. The number of hydrogen-bond donors (Lipinski definition) is 2. The van der Waals surface area contributed by atoms with Gasteiger partial charge >= 0.3 is 0 Å². The van der Waals surface area contributed by atoms with Crippen LogP contribution < -0.4 is 11.1 Å². The molecule has 5 nitrogen and oxygen atoms in total. The Bertz CT molecular complexity index is 596. The zero-order valence-electron chi connectivity index (χ0n) is 15.1. The highest BCUT2D eigenvalue weighted by Gasteiger charge is 2.36. The van der Waals surface area contributed by atoms with Gasteiger partial charge in [-0.2, -0.15) is 0 Å². The highest BCUT2D eigenvalue weighted by atomic mass is 35.5. The van der Waals surface area contributed by atoms with Gasteiger partial charge in [0.15, 0.2) is 0 Å². The Morgan fingerprint density at radius 1 is 1.36 bits per heavy atom. The average molecular weight is 386 g/mol. The molecule has 1 aliphatic heterocycles. The number of nitrogens with zero attached hydrogens (tertiary/aromatic N) is 1. The summed E-state index contributed by atoms with van der Waals surface area (Å²) in [6.45, 7) is 8.05. The second-order valence-electron chi connectivity index (χ2n) is 6.89. The fraction of sp³-hybridized carbons (Fsp3) is 0.556. The Morgan fingerprint density at radius 2 is 2.00 bits per heavy atom. The molecule has 1 saturated heterocycles. The smallest absolute Gasteiger partial charge is 0.235 e. The van der Waals surface area contributed by atoms with Crippen molar-refractivity contribution in [2.24, 2.45) is 11.1 Å². The van der Waals surface area contributed by atoms with Crippen LogP contribution in [0.5, 0.6) is 0 Å². The van der Waals surface area contributed by atoms with Crippen LogP contribution in [0.2, 0.25) is 0 Å². The van der Waals surface area contributed by atoms with E-state index in [0.29, 0.717) is 13.1 Å². The lowest BCUT2D eigenvalue weighted by atomic mass is 9.90. The first kappa shape index (κ1) is 21.8. The van der Waals surface area contributed by atoms with Crippen molar-refractivity contribution in [1.82, 2.24) is 4.90 Å². The van der Waals surface area contributed by atoms with E-state index in [4.69, 9.17) is 5.73 Å². The largest absolute Gasteiger partial charge is 0.341 e. The molecule has 0 saturated carbocycles. The Morgan fingerprint density at radius 3 is 2.56 bits per heavy atom. The number of nitrogens with one attached hydrogen (secondary N) is 1. The lowest BCUT2D eigenvalue weighted by Gasteiger charge is -2.24. The van der Waals surface area contributed by atoms with Gasteiger partial charge in [0.1, 0.15) is 0 Å². The minimum atomic E-state index is -0.228. The van der Waals surface area contributed by atoms with Crippen molar-refractivity contribution in [1.29, 1.82) is 0 Å². The molecular weight excluding hydrogens is 358 g/mol. The van der Waals surface area contributed by atoms with E-state index in [-0.39, 0.29) is 40.6 Å². The van der Waals surface area contributed by atoms with Gasteiger partial charge in [-0.1, -0.05) is 24.6 Å². The van der Waals surface area contributed by atoms with E-state index in [1.807, 2.05) is 43.0 Å². The number of thioether (sulfide) groups is 1. The second-order valence-corrected chi connectivity index (χ2v) is 8.22. The minimum absolute atomic E-state index is 0. The molecule has 2 unspecified atom stereocenters. The molecule has 2 atom stereocenters. The van der Waals surface area contributed by atoms with Gasteiger partial charge in [0, 0.05) is 18.8 Å². The van der Waals surface area contributed by atoms with Crippen LogP contribution in [0.15, 0.2) is 24.3 Å². The SMILES string of the molecule is Cc1ccc(NC(=O)CSC(C)C(=O)N2CCC(C)(CN)C2)cc1.Cl. The molecule has 0 aliphatic carbocycles. The van der Waals surface area contributed by atoms with Crippen molar-refractivity contribution in [3.05, 3.63) is 29.8 Å². The van der Waals surface area contributed by atoms with E-state index in [0.717, 1.165) is 24.2 Å². The molecular formula is C18H28ClN3O2S. The fourth-order valence-corrected chi connectivity index (χ4v) is 3.51. The summed E-state index contributed by atoms with van der Waals surface area (Å²) in [5.41, 5.74) is 7.75. The number of amides is 2. The van der Waals surface area contributed by atoms with E-state index in [1.165, 1.54) is 11.8 Å². The van der Waals surface area contributed by atoms with Crippen molar-refractivity contribution in [3.8, 4) is 0 Å². The molecule has 0 bridgehead atoms. The Hall–Kier alpha value is -1.24. The molecule has 1 aromatic carbocycles. The third kappa shape index (κ3) is 6.20. The van der Waals surface area contributed by atoms with Crippen molar-refractivity contribution < 1.29 is 9.59 Å².